The van der Waals surface area contributed by atoms with E-state index in [-0.39, 0.29) is 6.10 Å². The lowest BCUT2D eigenvalue weighted by Gasteiger charge is -2.27. The second-order valence-electron chi connectivity index (χ2n) is 5.87. The normalized spacial score (nSPS) is 23.9. The molecule has 0 aromatic heterocycles. The SMILES string of the molecule is O=C(CC1CCCCC1)C1OCCc2ccccc21. The average molecular weight is 258 g/mol. The first kappa shape index (κ1) is 12.9. The highest BCUT2D eigenvalue weighted by Gasteiger charge is 2.29. The number of rotatable bonds is 3. The van der Waals surface area contributed by atoms with Gasteiger partial charge in [0.1, 0.15) is 6.10 Å². The molecule has 1 saturated carbocycles. The standard InChI is InChI=1S/C17H22O2/c18-16(12-13-6-2-1-3-7-13)17-15-9-5-4-8-14(15)10-11-19-17/h4-5,8-9,13,17H,1-3,6-7,10-12H2. The summed E-state index contributed by atoms with van der Waals surface area (Å²) in [7, 11) is 0. The molecule has 2 nitrogen and oxygen atoms in total. The number of Topliss-reactive ketones (excluding diaryl/α,β-unsaturated/α-hetero) is 1. The van der Waals surface area contributed by atoms with Crippen molar-refractivity contribution in [3.63, 3.8) is 0 Å². The van der Waals surface area contributed by atoms with E-state index >= 15 is 0 Å². The van der Waals surface area contributed by atoms with Crippen molar-refractivity contribution >= 4 is 5.78 Å². The predicted octanol–water partition coefficient (Wildman–Crippen LogP) is 3.84. The fourth-order valence-corrected chi connectivity index (χ4v) is 3.44. The fourth-order valence-electron chi connectivity index (χ4n) is 3.44. The molecule has 1 aliphatic carbocycles. The van der Waals surface area contributed by atoms with Crippen molar-refractivity contribution in [1.29, 1.82) is 0 Å². The van der Waals surface area contributed by atoms with Gasteiger partial charge in [0.05, 0.1) is 6.61 Å². The predicted molar refractivity (Wildman–Crippen MR) is 75.0 cm³/mol. The summed E-state index contributed by atoms with van der Waals surface area (Å²) in [6.45, 7) is 0.679. The summed E-state index contributed by atoms with van der Waals surface area (Å²) in [4.78, 5) is 12.5. The van der Waals surface area contributed by atoms with Crippen LogP contribution in [0.5, 0.6) is 0 Å². The van der Waals surface area contributed by atoms with Crippen molar-refractivity contribution in [2.45, 2.75) is 51.0 Å². The lowest BCUT2D eigenvalue weighted by atomic mass is 9.83. The van der Waals surface area contributed by atoms with Gasteiger partial charge in [-0.3, -0.25) is 4.79 Å². The van der Waals surface area contributed by atoms with Gasteiger partial charge in [0.2, 0.25) is 0 Å². The molecule has 3 rings (SSSR count). The van der Waals surface area contributed by atoms with Crippen LogP contribution in [0.3, 0.4) is 0 Å². The second-order valence-corrected chi connectivity index (χ2v) is 5.87. The number of hydrogen-bond donors (Lipinski definition) is 0. The molecule has 0 saturated heterocycles. The molecule has 19 heavy (non-hydrogen) atoms. The van der Waals surface area contributed by atoms with E-state index in [9.17, 15) is 4.79 Å². The van der Waals surface area contributed by atoms with E-state index in [1.165, 1.54) is 37.7 Å². The Morgan fingerprint density at radius 3 is 2.79 bits per heavy atom. The van der Waals surface area contributed by atoms with Crippen LogP contribution in [0.25, 0.3) is 0 Å². The molecular formula is C17H22O2. The quantitative estimate of drug-likeness (QED) is 0.823. The van der Waals surface area contributed by atoms with Crippen LogP contribution >= 0.6 is 0 Å². The van der Waals surface area contributed by atoms with Crippen molar-refractivity contribution < 1.29 is 9.53 Å². The second kappa shape index (κ2) is 5.87. The molecule has 0 radical (unpaired) electrons. The lowest BCUT2D eigenvalue weighted by molar-refractivity contribution is -0.133. The Morgan fingerprint density at radius 2 is 1.95 bits per heavy atom. The zero-order valence-corrected chi connectivity index (χ0v) is 11.4. The van der Waals surface area contributed by atoms with E-state index < -0.39 is 0 Å². The average Bonchev–Trinajstić information content (AvgIpc) is 2.47. The van der Waals surface area contributed by atoms with Gasteiger partial charge in [-0.25, -0.2) is 0 Å². The summed E-state index contributed by atoms with van der Waals surface area (Å²) in [5, 5.41) is 0. The number of benzene rings is 1. The molecule has 1 aromatic carbocycles. The number of ketones is 1. The number of carbonyl (C=O) groups is 1. The first-order valence-corrected chi connectivity index (χ1v) is 7.57. The highest BCUT2D eigenvalue weighted by molar-refractivity contribution is 5.85. The van der Waals surface area contributed by atoms with Crippen LogP contribution in [0, 0.1) is 5.92 Å². The van der Waals surface area contributed by atoms with Crippen LogP contribution in [0.2, 0.25) is 0 Å². The molecule has 1 unspecified atom stereocenters. The van der Waals surface area contributed by atoms with Crippen molar-refractivity contribution in [3.8, 4) is 0 Å². The van der Waals surface area contributed by atoms with Crippen LogP contribution in [-0.2, 0) is 16.0 Å². The van der Waals surface area contributed by atoms with E-state index in [0.29, 0.717) is 24.7 Å². The van der Waals surface area contributed by atoms with Gasteiger partial charge in [-0.2, -0.15) is 0 Å². The van der Waals surface area contributed by atoms with Crippen molar-refractivity contribution in [3.05, 3.63) is 35.4 Å². The van der Waals surface area contributed by atoms with E-state index in [2.05, 4.69) is 12.1 Å². The first-order chi connectivity index (χ1) is 9.34. The Hall–Kier alpha value is -1.15. The molecule has 0 spiro atoms. The van der Waals surface area contributed by atoms with Gasteiger partial charge in [-0.15, -0.1) is 0 Å². The number of fused-ring (bicyclic) bond motifs is 1. The third kappa shape index (κ3) is 2.89. The number of ether oxygens (including phenoxy) is 1. The van der Waals surface area contributed by atoms with Crippen LogP contribution in [0.15, 0.2) is 24.3 Å². The van der Waals surface area contributed by atoms with Gasteiger partial charge in [-0.05, 0) is 23.5 Å². The van der Waals surface area contributed by atoms with Crippen LogP contribution in [0.4, 0.5) is 0 Å². The Balaban J connectivity index is 1.70. The molecule has 1 atom stereocenters. The zero-order chi connectivity index (χ0) is 13.1. The molecule has 1 heterocycles. The van der Waals surface area contributed by atoms with Gasteiger partial charge in [-0.1, -0.05) is 56.4 Å². The van der Waals surface area contributed by atoms with Crippen molar-refractivity contribution in [2.75, 3.05) is 6.61 Å². The summed E-state index contributed by atoms with van der Waals surface area (Å²) in [5.74, 6) is 0.887. The summed E-state index contributed by atoms with van der Waals surface area (Å²) in [6, 6.07) is 8.23. The highest BCUT2D eigenvalue weighted by atomic mass is 16.5. The minimum atomic E-state index is -0.299. The molecule has 2 heteroatoms. The van der Waals surface area contributed by atoms with Crippen LogP contribution < -0.4 is 0 Å². The first-order valence-electron chi connectivity index (χ1n) is 7.57. The lowest BCUT2D eigenvalue weighted by Crippen LogP contribution is -2.25. The minimum absolute atomic E-state index is 0.291. The van der Waals surface area contributed by atoms with E-state index in [0.717, 1.165) is 12.0 Å². The number of hydrogen-bond acceptors (Lipinski definition) is 2. The molecule has 0 N–H and O–H groups in total. The van der Waals surface area contributed by atoms with Crippen LogP contribution in [-0.4, -0.2) is 12.4 Å². The number of carbonyl (C=O) groups excluding carboxylic acids is 1. The molecule has 1 fully saturated rings. The fraction of sp³-hybridized carbons (Fsp3) is 0.588. The Kier molecular flexibility index (Phi) is 3.97. The molecule has 102 valence electrons. The van der Waals surface area contributed by atoms with Gasteiger partial charge < -0.3 is 4.74 Å². The van der Waals surface area contributed by atoms with Crippen LogP contribution in [0.1, 0.15) is 55.8 Å². The maximum atomic E-state index is 12.5. The molecular weight excluding hydrogens is 236 g/mol. The molecule has 1 aromatic rings. The van der Waals surface area contributed by atoms with Gasteiger partial charge >= 0.3 is 0 Å². The van der Waals surface area contributed by atoms with Crippen molar-refractivity contribution in [1.82, 2.24) is 0 Å². The van der Waals surface area contributed by atoms with E-state index in [1.54, 1.807) is 0 Å². The largest absolute Gasteiger partial charge is 0.365 e. The monoisotopic (exact) mass is 258 g/mol. The van der Waals surface area contributed by atoms with E-state index in [1.807, 2.05) is 12.1 Å². The minimum Gasteiger partial charge on any atom is -0.365 e. The van der Waals surface area contributed by atoms with Gasteiger partial charge in [0.15, 0.2) is 5.78 Å². The summed E-state index contributed by atoms with van der Waals surface area (Å²) >= 11 is 0. The third-order valence-electron chi connectivity index (χ3n) is 4.50. The van der Waals surface area contributed by atoms with Gasteiger partial charge in [0, 0.05) is 6.42 Å². The Bertz CT molecular complexity index is 446. The smallest absolute Gasteiger partial charge is 0.166 e. The van der Waals surface area contributed by atoms with E-state index in [4.69, 9.17) is 4.74 Å². The molecule has 2 aliphatic rings. The molecule has 1 aliphatic heterocycles. The van der Waals surface area contributed by atoms with Gasteiger partial charge in [0.25, 0.3) is 0 Å². The highest BCUT2D eigenvalue weighted by Crippen LogP contribution is 2.32. The Labute approximate surface area is 115 Å². The third-order valence-corrected chi connectivity index (χ3v) is 4.50. The molecule has 0 amide bonds. The maximum Gasteiger partial charge on any atom is 0.166 e. The summed E-state index contributed by atoms with van der Waals surface area (Å²) < 4.78 is 5.76. The summed E-state index contributed by atoms with van der Waals surface area (Å²) in [5.41, 5.74) is 2.39. The Morgan fingerprint density at radius 1 is 1.16 bits per heavy atom. The zero-order valence-electron chi connectivity index (χ0n) is 11.4. The topological polar surface area (TPSA) is 26.3 Å². The molecule has 0 bridgehead atoms. The summed E-state index contributed by atoms with van der Waals surface area (Å²) in [6.07, 6.45) is 7.71. The maximum absolute atomic E-state index is 12.5. The van der Waals surface area contributed by atoms with Crippen molar-refractivity contribution in [2.24, 2.45) is 5.92 Å².